The highest BCUT2D eigenvalue weighted by molar-refractivity contribution is 5.37. The van der Waals surface area contributed by atoms with Crippen LogP contribution in [0.2, 0.25) is 0 Å². The summed E-state index contributed by atoms with van der Waals surface area (Å²) in [6, 6.07) is 6.74. The minimum absolute atomic E-state index is 0.0420. The van der Waals surface area contributed by atoms with Crippen LogP contribution in [0.1, 0.15) is 56.4 Å². The summed E-state index contributed by atoms with van der Waals surface area (Å²) in [7, 11) is 0. The average molecular weight is 204 g/mol. The van der Waals surface area contributed by atoms with Crippen molar-refractivity contribution in [3.05, 3.63) is 34.9 Å². The van der Waals surface area contributed by atoms with E-state index in [4.69, 9.17) is 4.74 Å². The molecule has 0 aromatic heterocycles. The van der Waals surface area contributed by atoms with E-state index in [-0.39, 0.29) is 5.60 Å². The first kappa shape index (κ1) is 10.7. The fourth-order valence-corrected chi connectivity index (χ4v) is 2.01. The monoisotopic (exact) mass is 204 g/mol. The third-order valence-corrected chi connectivity index (χ3v) is 3.25. The van der Waals surface area contributed by atoms with Gasteiger partial charge in [0.1, 0.15) is 6.10 Å². The van der Waals surface area contributed by atoms with Gasteiger partial charge in [0.05, 0.1) is 5.60 Å². The van der Waals surface area contributed by atoms with Crippen molar-refractivity contribution in [3.8, 4) is 0 Å². The lowest BCUT2D eigenvalue weighted by Gasteiger charge is -2.10. The van der Waals surface area contributed by atoms with Crippen LogP contribution in [0.5, 0.6) is 0 Å². The summed E-state index contributed by atoms with van der Waals surface area (Å²) in [6.07, 6.45) is 0.302. The molecular weight excluding hydrogens is 184 g/mol. The van der Waals surface area contributed by atoms with Gasteiger partial charge in [0.15, 0.2) is 0 Å². The maximum Gasteiger partial charge on any atom is 0.112 e. The fraction of sp³-hybridized carbons (Fsp3) is 0.571. The number of rotatable bonds is 2. The molecule has 82 valence electrons. The standard InChI is InChI=1S/C14H20O/c1-9(2)11-7-6-10(3)12(8-11)13-14(4,5)15-13/h6-9,13H,1-5H3. The van der Waals surface area contributed by atoms with E-state index in [0.29, 0.717) is 12.0 Å². The Bertz CT molecular complexity index is 377. The molecule has 0 spiro atoms. The fourth-order valence-electron chi connectivity index (χ4n) is 2.01. The van der Waals surface area contributed by atoms with E-state index >= 15 is 0 Å². The highest BCUT2D eigenvalue weighted by Crippen LogP contribution is 2.50. The van der Waals surface area contributed by atoms with Gasteiger partial charge in [-0.3, -0.25) is 0 Å². The smallest absolute Gasteiger partial charge is 0.112 e. The predicted octanol–water partition coefficient (Wildman–Crippen LogP) is 3.97. The lowest BCUT2D eigenvalue weighted by molar-refractivity contribution is 0.325. The minimum atomic E-state index is 0.0420. The second-order valence-corrected chi connectivity index (χ2v) is 5.37. The van der Waals surface area contributed by atoms with Crippen LogP contribution in [-0.2, 0) is 4.74 Å². The van der Waals surface area contributed by atoms with E-state index in [1.165, 1.54) is 16.7 Å². The zero-order chi connectivity index (χ0) is 11.2. The lowest BCUT2D eigenvalue weighted by Crippen LogP contribution is -2.00. The molecule has 2 rings (SSSR count). The van der Waals surface area contributed by atoms with Crippen LogP contribution in [0.25, 0.3) is 0 Å². The van der Waals surface area contributed by atoms with Crippen molar-refractivity contribution in [2.45, 2.75) is 52.2 Å². The first-order valence-electron chi connectivity index (χ1n) is 5.70. The van der Waals surface area contributed by atoms with Gasteiger partial charge >= 0.3 is 0 Å². The quantitative estimate of drug-likeness (QED) is 0.664. The molecule has 1 heterocycles. The van der Waals surface area contributed by atoms with Gasteiger partial charge in [0.2, 0.25) is 0 Å². The van der Waals surface area contributed by atoms with Crippen molar-refractivity contribution >= 4 is 0 Å². The van der Waals surface area contributed by atoms with Crippen LogP contribution < -0.4 is 0 Å². The maximum atomic E-state index is 5.71. The third-order valence-electron chi connectivity index (χ3n) is 3.25. The Morgan fingerprint density at radius 1 is 1.27 bits per heavy atom. The van der Waals surface area contributed by atoms with Crippen molar-refractivity contribution in [3.63, 3.8) is 0 Å². The molecule has 1 unspecified atom stereocenters. The Morgan fingerprint density at radius 2 is 1.87 bits per heavy atom. The Kier molecular flexibility index (Phi) is 2.38. The lowest BCUT2D eigenvalue weighted by atomic mass is 9.93. The Labute approximate surface area is 92.5 Å². The topological polar surface area (TPSA) is 12.5 Å². The van der Waals surface area contributed by atoms with Gasteiger partial charge < -0.3 is 4.74 Å². The van der Waals surface area contributed by atoms with Crippen LogP contribution in [0, 0.1) is 6.92 Å². The van der Waals surface area contributed by atoms with Crippen molar-refractivity contribution < 1.29 is 4.74 Å². The van der Waals surface area contributed by atoms with Crippen molar-refractivity contribution in [1.29, 1.82) is 0 Å². The zero-order valence-corrected chi connectivity index (χ0v) is 10.3. The maximum absolute atomic E-state index is 5.71. The van der Waals surface area contributed by atoms with Gasteiger partial charge in [-0.1, -0.05) is 32.0 Å². The Balaban J connectivity index is 2.35. The van der Waals surface area contributed by atoms with Gasteiger partial charge in [-0.25, -0.2) is 0 Å². The van der Waals surface area contributed by atoms with E-state index in [9.17, 15) is 0 Å². The van der Waals surface area contributed by atoms with Crippen LogP contribution in [-0.4, -0.2) is 5.60 Å². The second kappa shape index (κ2) is 3.34. The molecule has 1 aromatic rings. The molecule has 1 aliphatic heterocycles. The van der Waals surface area contributed by atoms with Gasteiger partial charge in [-0.2, -0.15) is 0 Å². The summed E-state index contributed by atoms with van der Waals surface area (Å²) in [5, 5.41) is 0. The largest absolute Gasteiger partial charge is 0.362 e. The summed E-state index contributed by atoms with van der Waals surface area (Å²) >= 11 is 0. The van der Waals surface area contributed by atoms with E-state index in [0.717, 1.165) is 0 Å². The summed E-state index contributed by atoms with van der Waals surface area (Å²) in [4.78, 5) is 0. The Hall–Kier alpha value is -0.820. The van der Waals surface area contributed by atoms with Crippen LogP contribution in [0.4, 0.5) is 0 Å². The number of benzene rings is 1. The van der Waals surface area contributed by atoms with E-state index in [1.54, 1.807) is 0 Å². The molecule has 0 amide bonds. The summed E-state index contributed by atoms with van der Waals surface area (Å²) < 4.78 is 5.71. The molecule has 0 bridgehead atoms. The molecule has 1 aromatic carbocycles. The van der Waals surface area contributed by atoms with Crippen molar-refractivity contribution in [2.75, 3.05) is 0 Å². The number of hydrogen-bond donors (Lipinski definition) is 0. The molecular formula is C14H20O. The summed E-state index contributed by atoms with van der Waals surface area (Å²) in [5.41, 5.74) is 4.16. The average Bonchev–Trinajstić information content (AvgIpc) is 2.75. The van der Waals surface area contributed by atoms with E-state index in [1.807, 2.05) is 0 Å². The molecule has 1 heteroatoms. The van der Waals surface area contributed by atoms with E-state index < -0.39 is 0 Å². The third kappa shape index (κ3) is 1.93. The van der Waals surface area contributed by atoms with Gasteiger partial charge in [0, 0.05) is 0 Å². The SMILES string of the molecule is Cc1ccc(C(C)C)cc1C1OC1(C)C. The molecule has 0 saturated carbocycles. The summed E-state index contributed by atoms with van der Waals surface area (Å²) in [6.45, 7) is 10.9. The zero-order valence-electron chi connectivity index (χ0n) is 10.3. The number of aryl methyl sites for hydroxylation is 1. The van der Waals surface area contributed by atoms with Crippen molar-refractivity contribution in [1.82, 2.24) is 0 Å². The molecule has 1 saturated heterocycles. The number of hydrogen-bond acceptors (Lipinski definition) is 1. The van der Waals surface area contributed by atoms with Crippen LogP contribution in [0.3, 0.4) is 0 Å². The normalized spacial score (nSPS) is 23.2. The highest BCUT2D eigenvalue weighted by Gasteiger charge is 2.49. The molecule has 0 aliphatic carbocycles. The number of ether oxygens (including phenoxy) is 1. The molecule has 1 nitrogen and oxygen atoms in total. The number of epoxide rings is 1. The van der Waals surface area contributed by atoms with Crippen molar-refractivity contribution in [2.24, 2.45) is 0 Å². The summed E-state index contributed by atoms with van der Waals surface area (Å²) in [5.74, 6) is 0.589. The first-order chi connectivity index (χ1) is 6.92. The predicted molar refractivity (Wildman–Crippen MR) is 63.2 cm³/mol. The first-order valence-corrected chi connectivity index (χ1v) is 5.70. The van der Waals surface area contributed by atoms with Gasteiger partial charge in [-0.05, 0) is 43.4 Å². The molecule has 15 heavy (non-hydrogen) atoms. The molecule has 0 N–H and O–H groups in total. The van der Waals surface area contributed by atoms with E-state index in [2.05, 4.69) is 52.8 Å². The van der Waals surface area contributed by atoms with Crippen LogP contribution >= 0.6 is 0 Å². The van der Waals surface area contributed by atoms with Gasteiger partial charge in [-0.15, -0.1) is 0 Å². The molecule has 1 atom stereocenters. The van der Waals surface area contributed by atoms with Gasteiger partial charge in [0.25, 0.3) is 0 Å². The minimum Gasteiger partial charge on any atom is -0.362 e. The highest BCUT2D eigenvalue weighted by atomic mass is 16.6. The van der Waals surface area contributed by atoms with Crippen LogP contribution in [0.15, 0.2) is 18.2 Å². The second-order valence-electron chi connectivity index (χ2n) is 5.37. The molecule has 1 aliphatic rings. The molecule has 0 radical (unpaired) electrons. The Morgan fingerprint density at radius 3 is 2.33 bits per heavy atom. The molecule has 1 fully saturated rings.